The Bertz CT molecular complexity index is 559. The molecule has 0 saturated carbocycles. The van der Waals surface area contributed by atoms with Crippen molar-refractivity contribution in [3.05, 3.63) is 41.9 Å². The average Bonchev–Trinajstić information content (AvgIpc) is 3.04. The Labute approximate surface area is 111 Å². The largest absolute Gasteiger partial charge is 0.463 e. The highest BCUT2D eigenvalue weighted by Crippen LogP contribution is 2.17. The zero-order chi connectivity index (χ0) is 13.8. The lowest BCUT2D eigenvalue weighted by molar-refractivity contribution is 0.0562. The maximum absolute atomic E-state index is 11.3. The normalized spacial score (nSPS) is 12.4. The van der Waals surface area contributed by atoms with Crippen LogP contribution in [0.3, 0.4) is 0 Å². The van der Waals surface area contributed by atoms with Gasteiger partial charge in [-0.05, 0) is 19.1 Å². The topological polar surface area (TPSA) is 69.3 Å². The highest BCUT2D eigenvalue weighted by atomic mass is 16.5. The molecule has 0 aliphatic carbocycles. The van der Waals surface area contributed by atoms with Crippen molar-refractivity contribution in [1.82, 2.24) is 14.9 Å². The summed E-state index contributed by atoms with van der Waals surface area (Å²) in [6, 6.07) is 3.36. The van der Waals surface area contributed by atoms with E-state index in [4.69, 9.17) is 4.42 Å². The molecule has 0 amide bonds. The molecule has 102 valence electrons. The van der Waals surface area contributed by atoms with Crippen LogP contribution in [0.15, 0.2) is 28.9 Å². The number of aromatic nitrogens is 2. The second kappa shape index (κ2) is 5.71. The number of nitrogens with one attached hydrogen (secondary N) is 1. The van der Waals surface area contributed by atoms with Crippen molar-refractivity contribution in [3.63, 3.8) is 0 Å². The van der Waals surface area contributed by atoms with E-state index >= 15 is 0 Å². The molecule has 2 rings (SSSR count). The van der Waals surface area contributed by atoms with Gasteiger partial charge in [-0.2, -0.15) is 0 Å². The Morgan fingerprint density at radius 2 is 2.37 bits per heavy atom. The smallest absolute Gasteiger partial charge is 0.373 e. The molecular formula is C13H17N3O3. The standard InChI is InChI=1S/C13H17N3O3/c1-9(15-8-12-14-6-7-16(12)2)10-4-5-11(19-10)13(17)18-3/h4-7,9,15H,8H2,1-3H3. The van der Waals surface area contributed by atoms with E-state index in [0.717, 1.165) is 5.82 Å². The number of carbonyl (C=O) groups is 1. The van der Waals surface area contributed by atoms with Crippen molar-refractivity contribution < 1.29 is 13.9 Å². The van der Waals surface area contributed by atoms with Crippen LogP contribution in [-0.2, 0) is 18.3 Å². The summed E-state index contributed by atoms with van der Waals surface area (Å²) in [5, 5.41) is 3.28. The summed E-state index contributed by atoms with van der Waals surface area (Å²) in [4.78, 5) is 15.5. The molecule has 1 N–H and O–H groups in total. The molecule has 19 heavy (non-hydrogen) atoms. The summed E-state index contributed by atoms with van der Waals surface area (Å²) in [6.07, 6.45) is 3.65. The van der Waals surface area contributed by atoms with E-state index in [1.165, 1.54) is 7.11 Å². The molecule has 2 heterocycles. The van der Waals surface area contributed by atoms with Gasteiger partial charge in [0.25, 0.3) is 0 Å². The highest BCUT2D eigenvalue weighted by molar-refractivity contribution is 5.86. The van der Waals surface area contributed by atoms with Crippen molar-refractivity contribution in [1.29, 1.82) is 0 Å². The summed E-state index contributed by atoms with van der Waals surface area (Å²) in [7, 11) is 3.27. The van der Waals surface area contributed by atoms with Crippen LogP contribution >= 0.6 is 0 Å². The van der Waals surface area contributed by atoms with Gasteiger partial charge >= 0.3 is 5.97 Å². The number of ether oxygens (including phenoxy) is 1. The molecule has 0 bridgehead atoms. The fourth-order valence-corrected chi connectivity index (χ4v) is 1.71. The lowest BCUT2D eigenvalue weighted by atomic mass is 10.2. The fourth-order valence-electron chi connectivity index (χ4n) is 1.71. The van der Waals surface area contributed by atoms with E-state index < -0.39 is 5.97 Å². The zero-order valence-electron chi connectivity index (χ0n) is 11.2. The number of aryl methyl sites for hydroxylation is 1. The summed E-state index contributed by atoms with van der Waals surface area (Å²) in [6.45, 7) is 2.59. The Balaban J connectivity index is 1.96. The van der Waals surface area contributed by atoms with Gasteiger partial charge < -0.3 is 19.0 Å². The number of hydrogen-bond donors (Lipinski definition) is 1. The predicted molar refractivity (Wildman–Crippen MR) is 68.5 cm³/mol. The molecule has 0 aliphatic rings. The molecule has 0 saturated heterocycles. The monoisotopic (exact) mass is 263 g/mol. The minimum Gasteiger partial charge on any atom is -0.463 e. The number of imidazole rings is 1. The van der Waals surface area contributed by atoms with E-state index in [1.54, 1.807) is 18.3 Å². The van der Waals surface area contributed by atoms with Gasteiger partial charge in [0, 0.05) is 19.4 Å². The Morgan fingerprint density at radius 1 is 1.58 bits per heavy atom. The fraction of sp³-hybridized carbons (Fsp3) is 0.385. The average molecular weight is 263 g/mol. The van der Waals surface area contributed by atoms with E-state index in [0.29, 0.717) is 12.3 Å². The predicted octanol–water partition coefficient (Wildman–Crippen LogP) is 1.65. The molecule has 0 radical (unpaired) electrons. The van der Waals surface area contributed by atoms with Gasteiger partial charge in [-0.1, -0.05) is 0 Å². The minimum atomic E-state index is -0.470. The van der Waals surface area contributed by atoms with Crippen LogP contribution in [-0.4, -0.2) is 22.6 Å². The van der Waals surface area contributed by atoms with Crippen molar-refractivity contribution in [2.75, 3.05) is 7.11 Å². The molecule has 1 unspecified atom stereocenters. The van der Waals surface area contributed by atoms with Gasteiger partial charge in [0.05, 0.1) is 19.7 Å². The van der Waals surface area contributed by atoms with E-state index in [-0.39, 0.29) is 11.8 Å². The van der Waals surface area contributed by atoms with Gasteiger partial charge in [0.1, 0.15) is 11.6 Å². The first-order valence-corrected chi connectivity index (χ1v) is 5.99. The number of carbonyl (C=O) groups excluding carboxylic acids is 1. The molecule has 2 aromatic rings. The van der Waals surface area contributed by atoms with Crippen LogP contribution in [0.4, 0.5) is 0 Å². The Hall–Kier alpha value is -2.08. The molecule has 6 heteroatoms. The third kappa shape index (κ3) is 3.03. The number of furan rings is 1. The molecule has 1 atom stereocenters. The zero-order valence-corrected chi connectivity index (χ0v) is 11.2. The third-order valence-corrected chi connectivity index (χ3v) is 2.93. The number of esters is 1. The van der Waals surface area contributed by atoms with Crippen LogP contribution in [0.1, 0.15) is 35.1 Å². The SMILES string of the molecule is COC(=O)c1ccc(C(C)NCc2nccn2C)o1. The Morgan fingerprint density at radius 3 is 3.00 bits per heavy atom. The van der Waals surface area contributed by atoms with Crippen molar-refractivity contribution >= 4 is 5.97 Å². The molecular weight excluding hydrogens is 246 g/mol. The third-order valence-electron chi connectivity index (χ3n) is 2.93. The minimum absolute atomic E-state index is 0.0184. The maximum atomic E-state index is 11.3. The summed E-state index contributed by atoms with van der Waals surface area (Å²) < 4.78 is 12.0. The second-order valence-corrected chi connectivity index (χ2v) is 4.25. The molecule has 6 nitrogen and oxygen atoms in total. The lowest BCUT2D eigenvalue weighted by Gasteiger charge is -2.11. The number of rotatable bonds is 5. The van der Waals surface area contributed by atoms with E-state index in [9.17, 15) is 4.79 Å². The van der Waals surface area contributed by atoms with Crippen LogP contribution in [0.2, 0.25) is 0 Å². The molecule has 2 aromatic heterocycles. The number of hydrogen-bond acceptors (Lipinski definition) is 5. The second-order valence-electron chi connectivity index (χ2n) is 4.25. The highest BCUT2D eigenvalue weighted by Gasteiger charge is 2.15. The summed E-state index contributed by atoms with van der Waals surface area (Å²) in [5.74, 6) is 1.37. The van der Waals surface area contributed by atoms with Gasteiger partial charge in [0.2, 0.25) is 5.76 Å². The summed E-state index contributed by atoms with van der Waals surface area (Å²) >= 11 is 0. The molecule has 0 aromatic carbocycles. The first-order valence-electron chi connectivity index (χ1n) is 5.99. The van der Waals surface area contributed by atoms with Crippen LogP contribution < -0.4 is 5.32 Å². The van der Waals surface area contributed by atoms with Gasteiger partial charge in [-0.3, -0.25) is 0 Å². The molecule has 0 fully saturated rings. The maximum Gasteiger partial charge on any atom is 0.373 e. The van der Waals surface area contributed by atoms with Gasteiger partial charge in [-0.25, -0.2) is 9.78 Å². The van der Waals surface area contributed by atoms with Crippen molar-refractivity contribution in [3.8, 4) is 0 Å². The van der Waals surface area contributed by atoms with Crippen molar-refractivity contribution in [2.24, 2.45) is 7.05 Å². The van der Waals surface area contributed by atoms with E-state index in [1.807, 2.05) is 24.7 Å². The first-order chi connectivity index (χ1) is 9.11. The van der Waals surface area contributed by atoms with E-state index in [2.05, 4.69) is 15.0 Å². The quantitative estimate of drug-likeness (QED) is 0.831. The number of methoxy groups -OCH3 is 1. The summed E-state index contributed by atoms with van der Waals surface area (Å²) in [5.41, 5.74) is 0. The molecule has 0 spiro atoms. The van der Waals surface area contributed by atoms with Crippen molar-refractivity contribution in [2.45, 2.75) is 19.5 Å². The van der Waals surface area contributed by atoms with Gasteiger partial charge in [-0.15, -0.1) is 0 Å². The Kier molecular flexibility index (Phi) is 4.01. The van der Waals surface area contributed by atoms with Crippen LogP contribution in [0.25, 0.3) is 0 Å². The lowest BCUT2D eigenvalue weighted by Crippen LogP contribution is -2.19. The molecule has 0 aliphatic heterocycles. The van der Waals surface area contributed by atoms with Gasteiger partial charge in [0.15, 0.2) is 0 Å². The number of nitrogens with zero attached hydrogens (tertiary/aromatic N) is 2. The van der Waals surface area contributed by atoms with Crippen LogP contribution in [0.5, 0.6) is 0 Å². The van der Waals surface area contributed by atoms with Crippen LogP contribution in [0, 0.1) is 0 Å². The first kappa shape index (κ1) is 13.4.